The van der Waals surface area contributed by atoms with Crippen molar-refractivity contribution in [3.8, 4) is 5.75 Å². The van der Waals surface area contributed by atoms with Crippen LogP contribution in [-0.4, -0.2) is 75.6 Å². The number of phenolic OH excluding ortho intramolecular Hbond substituents is 1. The zero-order valence-corrected chi connectivity index (χ0v) is 17.8. The summed E-state index contributed by atoms with van der Waals surface area (Å²) in [5.74, 6) is -6.55. The molecule has 0 aliphatic heterocycles. The van der Waals surface area contributed by atoms with E-state index in [1.165, 1.54) is 4.90 Å². The SMILES string of the molecule is CNc1ccc2c(c1O)C(O)=C1C(=O)C3(O)C(O)=C(C(N)=O)C(=O)C(N(C)C)C3CC1C2. The van der Waals surface area contributed by atoms with Crippen molar-refractivity contribution in [2.75, 3.05) is 26.5 Å². The molecule has 170 valence electrons. The molecule has 0 heterocycles. The molecule has 1 saturated carbocycles. The molecule has 10 nitrogen and oxygen atoms in total. The van der Waals surface area contributed by atoms with E-state index >= 15 is 0 Å². The van der Waals surface area contributed by atoms with Gasteiger partial charge in [-0.2, -0.15) is 0 Å². The highest BCUT2D eigenvalue weighted by Crippen LogP contribution is 2.53. The van der Waals surface area contributed by atoms with Crippen LogP contribution in [0.25, 0.3) is 5.76 Å². The Hall–Kier alpha value is -3.37. The molecule has 0 aromatic heterocycles. The van der Waals surface area contributed by atoms with Crippen LogP contribution in [0.2, 0.25) is 0 Å². The lowest BCUT2D eigenvalue weighted by atomic mass is 9.57. The van der Waals surface area contributed by atoms with E-state index in [1.54, 1.807) is 33.3 Å². The number of carbonyl (C=O) groups is 3. The highest BCUT2D eigenvalue weighted by molar-refractivity contribution is 6.24. The molecule has 4 atom stereocenters. The number of nitrogens with two attached hydrogens (primary N) is 1. The molecule has 32 heavy (non-hydrogen) atoms. The van der Waals surface area contributed by atoms with E-state index in [1.807, 2.05) is 0 Å². The number of primary amides is 1. The summed E-state index contributed by atoms with van der Waals surface area (Å²) in [6, 6.07) is 2.28. The topological polar surface area (TPSA) is 173 Å². The molecule has 10 heteroatoms. The Labute approximate surface area is 183 Å². The third-order valence-corrected chi connectivity index (χ3v) is 6.86. The Balaban J connectivity index is 1.97. The Kier molecular flexibility index (Phi) is 4.83. The van der Waals surface area contributed by atoms with Crippen LogP contribution in [0.15, 0.2) is 29.0 Å². The highest BCUT2D eigenvalue weighted by atomic mass is 16.3. The number of likely N-dealkylation sites (N-methyl/N-ethyl adjacent to an activating group) is 1. The zero-order valence-electron chi connectivity index (χ0n) is 17.8. The average molecular weight is 443 g/mol. The van der Waals surface area contributed by atoms with Gasteiger partial charge in [-0.25, -0.2) is 0 Å². The van der Waals surface area contributed by atoms with Crippen LogP contribution in [0.4, 0.5) is 5.69 Å². The first-order chi connectivity index (χ1) is 15.0. The molecule has 4 unspecified atom stereocenters. The fourth-order valence-electron chi connectivity index (χ4n) is 5.42. The number of hydrogen-bond acceptors (Lipinski definition) is 9. The van der Waals surface area contributed by atoms with Crippen molar-refractivity contribution in [1.82, 2.24) is 4.90 Å². The molecule has 0 spiro atoms. The molecule has 3 aliphatic carbocycles. The van der Waals surface area contributed by atoms with Crippen LogP contribution < -0.4 is 11.1 Å². The monoisotopic (exact) mass is 443 g/mol. The van der Waals surface area contributed by atoms with Crippen molar-refractivity contribution in [2.24, 2.45) is 17.6 Å². The van der Waals surface area contributed by atoms with E-state index in [9.17, 15) is 34.8 Å². The maximum Gasteiger partial charge on any atom is 0.255 e. The van der Waals surface area contributed by atoms with Crippen LogP contribution in [0.1, 0.15) is 17.5 Å². The molecule has 0 radical (unpaired) electrons. The molecule has 1 aromatic rings. The number of carbonyl (C=O) groups excluding carboxylic acids is 3. The molecule has 4 rings (SSSR count). The number of phenols is 1. The minimum Gasteiger partial charge on any atom is -0.508 e. The van der Waals surface area contributed by atoms with Crippen molar-refractivity contribution in [3.63, 3.8) is 0 Å². The number of ketones is 2. The van der Waals surface area contributed by atoms with E-state index in [-0.39, 0.29) is 29.7 Å². The first kappa shape index (κ1) is 21.8. The van der Waals surface area contributed by atoms with E-state index in [0.717, 1.165) is 0 Å². The summed E-state index contributed by atoms with van der Waals surface area (Å²) in [7, 11) is 4.71. The first-order valence-electron chi connectivity index (χ1n) is 10.1. The number of amides is 1. The van der Waals surface area contributed by atoms with Gasteiger partial charge in [0, 0.05) is 18.5 Å². The highest BCUT2D eigenvalue weighted by Gasteiger charge is 2.64. The molecule has 3 aliphatic rings. The van der Waals surface area contributed by atoms with Gasteiger partial charge in [0.1, 0.15) is 22.8 Å². The second-order valence-corrected chi connectivity index (χ2v) is 8.71. The van der Waals surface area contributed by atoms with Gasteiger partial charge in [-0.05, 0) is 44.5 Å². The summed E-state index contributed by atoms with van der Waals surface area (Å²) in [6.45, 7) is 0. The number of anilines is 1. The van der Waals surface area contributed by atoms with Crippen LogP contribution in [-0.2, 0) is 20.8 Å². The number of aliphatic hydroxyl groups excluding tert-OH is 2. The summed E-state index contributed by atoms with van der Waals surface area (Å²) in [6.07, 6.45) is 0.340. The fourth-order valence-corrected chi connectivity index (χ4v) is 5.42. The lowest BCUT2D eigenvalue weighted by Gasteiger charge is -2.50. The normalized spacial score (nSPS) is 29.6. The molecule has 1 fully saturated rings. The summed E-state index contributed by atoms with van der Waals surface area (Å²) in [5, 5.41) is 46.6. The number of Topliss-reactive ketones (excluding diaryl/α,β-unsaturated/α-hetero) is 2. The van der Waals surface area contributed by atoms with Gasteiger partial charge in [-0.3, -0.25) is 19.3 Å². The summed E-state index contributed by atoms with van der Waals surface area (Å²) < 4.78 is 0. The number of rotatable bonds is 3. The zero-order chi connectivity index (χ0) is 23.7. The van der Waals surface area contributed by atoms with Crippen LogP contribution in [0, 0.1) is 11.8 Å². The first-order valence-corrected chi connectivity index (χ1v) is 10.1. The Bertz CT molecular complexity index is 1140. The molecular formula is C22H25N3O7. The number of hydrogen-bond donors (Lipinski definition) is 6. The van der Waals surface area contributed by atoms with Gasteiger partial charge in [-0.15, -0.1) is 0 Å². The Morgan fingerprint density at radius 1 is 1.22 bits per heavy atom. The maximum atomic E-state index is 13.6. The van der Waals surface area contributed by atoms with Crippen LogP contribution in [0.3, 0.4) is 0 Å². The number of aromatic hydroxyl groups is 1. The van der Waals surface area contributed by atoms with E-state index in [4.69, 9.17) is 5.73 Å². The molecule has 1 aromatic carbocycles. The number of aliphatic hydroxyl groups is 3. The largest absolute Gasteiger partial charge is 0.508 e. The molecule has 0 bridgehead atoms. The third kappa shape index (κ3) is 2.63. The maximum absolute atomic E-state index is 13.6. The van der Waals surface area contributed by atoms with Gasteiger partial charge in [0.15, 0.2) is 11.4 Å². The van der Waals surface area contributed by atoms with Crippen molar-refractivity contribution in [2.45, 2.75) is 24.5 Å². The molecule has 1 amide bonds. The third-order valence-electron chi connectivity index (χ3n) is 6.86. The summed E-state index contributed by atoms with van der Waals surface area (Å²) in [5.41, 5.74) is 2.68. The fraction of sp³-hybridized carbons (Fsp3) is 0.409. The van der Waals surface area contributed by atoms with Gasteiger partial charge in [0.05, 0.1) is 17.3 Å². The van der Waals surface area contributed by atoms with E-state index < -0.39 is 58.0 Å². The molecular weight excluding hydrogens is 418 g/mol. The molecule has 7 N–H and O–H groups in total. The second kappa shape index (κ2) is 7.07. The predicted octanol–water partition coefficient (Wildman–Crippen LogP) is 0.00570. The Morgan fingerprint density at radius 2 is 1.88 bits per heavy atom. The van der Waals surface area contributed by atoms with Gasteiger partial charge in [-0.1, -0.05) is 6.07 Å². The summed E-state index contributed by atoms with van der Waals surface area (Å²) >= 11 is 0. The number of nitrogens with zero attached hydrogens (tertiary/aromatic N) is 1. The van der Waals surface area contributed by atoms with Crippen molar-refractivity contribution < 1.29 is 34.8 Å². The van der Waals surface area contributed by atoms with Crippen molar-refractivity contribution in [1.29, 1.82) is 0 Å². The number of fused-ring (bicyclic) bond motifs is 3. The van der Waals surface area contributed by atoms with E-state index in [0.29, 0.717) is 11.3 Å². The van der Waals surface area contributed by atoms with Crippen LogP contribution in [0.5, 0.6) is 5.75 Å². The minimum absolute atomic E-state index is 0.0631. The second-order valence-electron chi connectivity index (χ2n) is 8.71. The molecule has 0 saturated heterocycles. The average Bonchev–Trinajstić information content (AvgIpc) is 2.70. The number of nitrogens with one attached hydrogen (secondary N) is 1. The number of benzene rings is 1. The Morgan fingerprint density at radius 3 is 2.44 bits per heavy atom. The lowest BCUT2D eigenvalue weighted by molar-refractivity contribution is -0.153. The standard InChI is InChI=1S/C22H25N3O7/c1-24-11-5-4-8-6-9-7-10-15(25(2)3)18(28)14(21(23)31)20(30)22(10,32)19(29)13(9)17(27)12(8)16(11)26/h4-5,9-10,15,24,26-27,30,32H,6-7H2,1-3H3,(H2,23,31). The summed E-state index contributed by atoms with van der Waals surface area (Å²) in [4.78, 5) is 40.0. The lowest BCUT2D eigenvalue weighted by Crippen LogP contribution is -2.65. The van der Waals surface area contributed by atoms with Gasteiger partial charge < -0.3 is 31.5 Å². The van der Waals surface area contributed by atoms with Gasteiger partial charge in [0.2, 0.25) is 5.78 Å². The quantitative estimate of drug-likeness (QED) is 0.278. The predicted molar refractivity (Wildman–Crippen MR) is 114 cm³/mol. The van der Waals surface area contributed by atoms with Crippen molar-refractivity contribution in [3.05, 3.63) is 40.2 Å². The van der Waals surface area contributed by atoms with Gasteiger partial charge in [0.25, 0.3) is 5.91 Å². The van der Waals surface area contributed by atoms with Crippen molar-refractivity contribution >= 4 is 28.9 Å². The van der Waals surface area contributed by atoms with Crippen LogP contribution >= 0.6 is 0 Å². The smallest absolute Gasteiger partial charge is 0.255 e. The minimum atomic E-state index is -2.62. The van der Waals surface area contributed by atoms with Gasteiger partial charge >= 0.3 is 0 Å². The van der Waals surface area contributed by atoms with E-state index in [2.05, 4.69) is 5.32 Å².